The van der Waals surface area contributed by atoms with E-state index in [9.17, 15) is 14.9 Å². The second-order valence-electron chi connectivity index (χ2n) is 4.83. The molecule has 0 N–H and O–H groups in total. The lowest BCUT2D eigenvalue weighted by Crippen LogP contribution is -2.40. The van der Waals surface area contributed by atoms with Crippen LogP contribution in [0.5, 0.6) is 0 Å². The molecular formula is C13H14Cl2N2O3. The van der Waals surface area contributed by atoms with Crippen LogP contribution in [0.3, 0.4) is 0 Å². The van der Waals surface area contributed by atoms with Gasteiger partial charge in [0.05, 0.1) is 4.92 Å². The summed E-state index contributed by atoms with van der Waals surface area (Å²) < 4.78 is 0. The minimum absolute atomic E-state index is 0.0784. The topological polar surface area (TPSA) is 63.4 Å². The van der Waals surface area contributed by atoms with Crippen LogP contribution in [0.15, 0.2) is 18.2 Å². The van der Waals surface area contributed by atoms with E-state index in [0.29, 0.717) is 19.0 Å². The molecule has 0 spiro atoms. The summed E-state index contributed by atoms with van der Waals surface area (Å²) in [5.74, 6) is 0.413. The largest absolute Gasteiger partial charge is 0.338 e. The molecule has 0 aromatic heterocycles. The number of amides is 1. The number of hydrogen-bond donors (Lipinski definition) is 0. The van der Waals surface area contributed by atoms with Crippen molar-refractivity contribution in [3.63, 3.8) is 0 Å². The highest BCUT2D eigenvalue weighted by atomic mass is 35.5. The van der Waals surface area contributed by atoms with Gasteiger partial charge in [0.2, 0.25) is 0 Å². The Morgan fingerprint density at radius 1 is 1.50 bits per heavy atom. The number of nitro groups is 1. The molecule has 1 aromatic carbocycles. The molecule has 1 unspecified atom stereocenters. The number of alkyl halides is 1. The zero-order chi connectivity index (χ0) is 14.7. The van der Waals surface area contributed by atoms with Gasteiger partial charge in [0.15, 0.2) is 0 Å². The normalized spacial score (nSPS) is 18.9. The molecule has 1 aliphatic heterocycles. The molecule has 0 bridgehead atoms. The SMILES string of the molecule is O=C(c1ccc(Cl)cc1[N+](=O)[O-])N1CCCC(CCl)C1. The van der Waals surface area contributed by atoms with E-state index in [0.717, 1.165) is 12.8 Å². The second-order valence-corrected chi connectivity index (χ2v) is 5.58. The molecule has 1 atom stereocenters. The Morgan fingerprint density at radius 2 is 2.25 bits per heavy atom. The van der Waals surface area contributed by atoms with Crippen molar-refractivity contribution in [3.8, 4) is 0 Å². The Balaban J connectivity index is 2.27. The van der Waals surface area contributed by atoms with E-state index in [1.54, 1.807) is 4.90 Å². The van der Waals surface area contributed by atoms with Crippen molar-refractivity contribution in [1.29, 1.82) is 0 Å². The van der Waals surface area contributed by atoms with E-state index in [1.165, 1.54) is 18.2 Å². The third-order valence-corrected chi connectivity index (χ3v) is 4.08. The molecule has 1 fully saturated rings. The molecule has 7 heteroatoms. The number of hydrogen-bond acceptors (Lipinski definition) is 3. The maximum Gasteiger partial charge on any atom is 0.283 e. The van der Waals surface area contributed by atoms with Crippen molar-refractivity contribution in [2.24, 2.45) is 5.92 Å². The summed E-state index contributed by atoms with van der Waals surface area (Å²) in [6.45, 7) is 1.15. The first-order valence-electron chi connectivity index (χ1n) is 6.32. The average Bonchev–Trinajstić information content (AvgIpc) is 2.46. The number of nitrogens with zero attached hydrogens (tertiary/aromatic N) is 2. The molecule has 0 saturated carbocycles. The summed E-state index contributed by atoms with van der Waals surface area (Å²) in [6.07, 6.45) is 1.85. The minimum atomic E-state index is -0.581. The smallest absolute Gasteiger partial charge is 0.283 e. The molecule has 1 amide bonds. The highest BCUT2D eigenvalue weighted by molar-refractivity contribution is 6.31. The monoisotopic (exact) mass is 316 g/mol. The van der Waals surface area contributed by atoms with Crippen molar-refractivity contribution in [1.82, 2.24) is 4.90 Å². The molecule has 108 valence electrons. The lowest BCUT2D eigenvalue weighted by atomic mass is 9.99. The standard InChI is InChI=1S/C13H14Cl2N2O3/c14-7-9-2-1-5-16(8-9)13(18)11-4-3-10(15)6-12(11)17(19)20/h3-4,6,9H,1-2,5,7-8H2. The number of piperidine rings is 1. The van der Waals surface area contributed by atoms with E-state index in [2.05, 4.69) is 0 Å². The molecule has 1 aromatic rings. The van der Waals surface area contributed by atoms with E-state index >= 15 is 0 Å². The van der Waals surface area contributed by atoms with Gasteiger partial charge in [-0.15, -0.1) is 11.6 Å². The van der Waals surface area contributed by atoms with E-state index in [4.69, 9.17) is 23.2 Å². The Morgan fingerprint density at radius 3 is 2.90 bits per heavy atom. The van der Waals surface area contributed by atoms with Crippen LogP contribution < -0.4 is 0 Å². The van der Waals surface area contributed by atoms with Crippen LogP contribution in [0.2, 0.25) is 5.02 Å². The zero-order valence-electron chi connectivity index (χ0n) is 10.7. The summed E-state index contributed by atoms with van der Waals surface area (Å²) >= 11 is 11.6. The predicted octanol–water partition coefficient (Wildman–Crippen LogP) is 3.34. The zero-order valence-corrected chi connectivity index (χ0v) is 12.2. The van der Waals surface area contributed by atoms with Gasteiger partial charge in [0, 0.05) is 30.1 Å². The molecule has 5 nitrogen and oxygen atoms in total. The van der Waals surface area contributed by atoms with Crippen molar-refractivity contribution >= 4 is 34.8 Å². The van der Waals surface area contributed by atoms with Gasteiger partial charge in [0.25, 0.3) is 11.6 Å². The fourth-order valence-corrected chi connectivity index (χ4v) is 2.80. The second kappa shape index (κ2) is 6.41. The minimum Gasteiger partial charge on any atom is -0.338 e. The number of carbonyl (C=O) groups is 1. The molecular weight excluding hydrogens is 303 g/mol. The van der Waals surface area contributed by atoms with Crippen LogP contribution >= 0.6 is 23.2 Å². The lowest BCUT2D eigenvalue weighted by molar-refractivity contribution is -0.385. The molecule has 0 aliphatic carbocycles. The number of nitro benzene ring substituents is 1. The Hall–Kier alpha value is -1.33. The number of carbonyl (C=O) groups excluding carboxylic acids is 1. The first-order chi connectivity index (χ1) is 9.52. The van der Waals surface area contributed by atoms with Gasteiger partial charge in [-0.05, 0) is 30.9 Å². The predicted molar refractivity (Wildman–Crippen MR) is 77.5 cm³/mol. The third kappa shape index (κ3) is 3.22. The van der Waals surface area contributed by atoms with Gasteiger partial charge in [-0.2, -0.15) is 0 Å². The summed E-state index contributed by atoms with van der Waals surface area (Å²) in [4.78, 5) is 24.5. The van der Waals surface area contributed by atoms with Gasteiger partial charge in [-0.1, -0.05) is 11.6 Å². The summed E-state index contributed by atoms with van der Waals surface area (Å²) in [7, 11) is 0. The highest BCUT2D eigenvalue weighted by Crippen LogP contribution is 2.26. The fourth-order valence-electron chi connectivity index (χ4n) is 2.38. The lowest BCUT2D eigenvalue weighted by Gasteiger charge is -2.31. The molecule has 1 saturated heterocycles. The maximum absolute atomic E-state index is 12.4. The number of rotatable bonds is 3. The Kier molecular flexibility index (Phi) is 4.83. The van der Waals surface area contributed by atoms with Gasteiger partial charge in [-0.25, -0.2) is 0 Å². The summed E-state index contributed by atoms with van der Waals surface area (Å²) in [6, 6.07) is 4.11. The van der Waals surface area contributed by atoms with Crippen LogP contribution in [0, 0.1) is 16.0 Å². The van der Waals surface area contributed by atoms with E-state index < -0.39 is 4.92 Å². The van der Waals surface area contributed by atoms with Gasteiger partial charge >= 0.3 is 0 Å². The van der Waals surface area contributed by atoms with Gasteiger partial charge < -0.3 is 4.90 Å². The quantitative estimate of drug-likeness (QED) is 0.488. The first kappa shape index (κ1) is 15.1. The first-order valence-corrected chi connectivity index (χ1v) is 7.23. The summed E-state index contributed by atoms with van der Waals surface area (Å²) in [5, 5.41) is 11.3. The molecule has 20 heavy (non-hydrogen) atoms. The molecule has 1 aliphatic rings. The number of likely N-dealkylation sites (tertiary alicyclic amines) is 1. The van der Waals surface area contributed by atoms with E-state index in [1.807, 2.05) is 0 Å². The maximum atomic E-state index is 12.4. The highest BCUT2D eigenvalue weighted by Gasteiger charge is 2.28. The van der Waals surface area contributed by atoms with Gasteiger partial charge in [-0.3, -0.25) is 14.9 Å². The number of benzene rings is 1. The fraction of sp³-hybridized carbons (Fsp3) is 0.462. The van der Waals surface area contributed by atoms with Crippen LogP contribution in [-0.4, -0.2) is 34.7 Å². The van der Waals surface area contributed by atoms with Crippen LogP contribution in [0.25, 0.3) is 0 Å². The molecule has 2 rings (SSSR count). The van der Waals surface area contributed by atoms with Crippen LogP contribution in [-0.2, 0) is 0 Å². The summed E-state index contributed by atoms with van der Waals surface area (Å²) in [5.41, 5.74) is -0.176. The van der Waals surface area contributed by atoms with E-state index in [-0.39, 0.29) is 28.1 Å². The molecule has 1 heterocycles. The molecule has 0 radical (unpaired) electrons. The van der Waals surface area contributed by atoms with Crippen molar-refractivity contribution in [2.45, 2.75) is 12.8 Å². The number of halogens is 2. The van der Waals surface area contributed by atoms with Gasteiger partial charge in [0.1, 0.15) is 5.56 Å². The Bertz CT molecular complexity index is 536. The van der Waals surface area contributed by atoms with Crippen molar-refractivity contribution in [3.05, 3.63) is 38.9 Å². The Labute approximate surface area is 126 Å². The average molecular weight is 317 g/mol. The van der Waals surface area contributed by atoms with Crippen LogP contribution in [0.1, 0.15) is 23.2 Å². The van der Waals surface area contributed by atoms with Crippen LogP contribution in [0.4, 0.5) is 5.69 Å². The van der Waals surface area contributed by atoms with Crippen molar-refractivity contribution < 1.29 is 9.72 Å². The van der Waals surface area contributed by atoms with Crippen molar-refractivity contribution in [2.75, 3.05) is 19.0 Å². The third-order valence-electron chi connectivity index (χ3n) is 3.41.